The lowest BCUT2D eigenvalue weighted by Gasteiger charge is -2.40. The fourth-order valence-corrected chi connectivity index (χ4v) is 10.5. The third-order valence-electron chi connectivity index (χ3n) is 13.2. The Kier molecular flexibility index (Phi) is 8.86. The fourth-order valence-electron chi connectivity index (χ4n) is 10.5. The summed E-state index contributed by atoms with van der Waals surface area (Å²) in [4.78, 5) is 49.3. The first-order valence-corrected chi connectivity index (χ1v) is 19.8. The fraction of sp³-hybridized carbons (Fsp3) is 0.312. The number of carbonyl (C=O) groups excluding carboxylic acids is 3. The molecule has 9 heteroatoms. The van der Waals surface area contributed by atoms with Crippen molar-refractivity contribution in [3.8, 4) is 5.75 Å². The Bertz CT molecular complexity index is 2450. The van der Waals surface area contributed by atoms with Crippen LogP contribution in [0.2, 0.25) is 0 Å². The third kappa shape index (κ3) is 5.46. The number of hydrogen-bond donors (Lipinski definition) is 1. The van der Waals surface area contributed by atoms with Crippen molar-refractivity contribution in [3.63, 3.8) is 0 Å². The molecule has 9 rings (SSSR count). The van der Waals surface area contributed by atoms with E-state index in [1.807, 2.05) is 97.1 Å². The summed E-state index contributed by atoms with van der Waals surface area (Å²) in [5, 5.41) is 12.4. The Morgan fingerprint density at radius 2 is 1.70 bits per heavy atom. The van der Waals surface area contributed by atoms with Gasteiger partial charge in [0, 0.05) is 41.6 Å². The summed E-state index contributed by atoms with van der Waals surface area (Å²) in [5.41, 5.74) is 4.57. The van der Waals surface area contributed by atoms with Gasteiger partial charge in [-0.15, -0.1) is 6.58 Å². The van der Waals surface area contributed by atoms with Crippen LogP contribution in [0.25, 0.3) is 10.8 Å². The maximum atomic E-state index is 15.2. The Labute approximate surface area is 333 Å². The van der Waals surface area contributed by atoms with E-state index >= 15 is 4.79 Å². The molecule has 5 aromatic rings. The van der Waals surface area contributed by atoms with Gasteiger partial charge in [0.2, 0.25) is 5.91 Å². The van der Waals surface area contributed by atoms with Crippen LogP contribution in [-0.4, -0.2) is 60.1 Å². The number of ether oxygens (including phenoxy) is 2. The largest absolute Gasteiger partial charge is 0.497 e. The molecule has 4 aliphatic heterocycles. The number of nitrogens with zero attached hydrogens (tertiary/aromatic N) is 3. The maximum absolute atomic E-state index is 15.2. The third-order valence-corrected chi connectivity index (χ3v) is 13.2. The van der Waals surface area contributed by atoms with Crippen molar-refractivity contribution in [2.45, 2.75) is 63.3 Å². The van der Waals surface area contributed by atoms with Gasteiger partial charge in [0.05, 0.1) is 49.2 Å². The van der Waals surface area contributed by atoms with Crippen LogP contribution in [0.3, 0.4) is 0 Å². The topological polar surface area (TPSA) is 99.6 Å². The highest BCUT2D eigenvalue weighted by atomic mass is 16.5. The SMILES string of the molecule is C=CCN1C(=O)[C@@]2(O[C@@H](CC(=O)N3Cc4ccccc4C[C@H]3CO)[C@H](C(C)(C)c3ccc(OC)cc3)[C@H]2C)c2cc(N3C(=O)c4cccc5cccc3c45)ccc21. The molecule has 5 atom stereocenters. The molecule has 0 radical (unpaired) electrons. The zero-order chi connectivity index (χ0) is 39.8. The summed E-state index contributed by atoms with van der Waals surface area (Å²) in [6.07, 6.45) is 1.60. The smallest absolute Gasteiger partial charge is 0.264 e. The maximum Gasteiger partial charge on any atom is 0.264 e. The van der Waals surface area contributed by atoms with Gasteiger partial charge in [-0.05, 0) is 76.4 Å². The van der Waals surface area contributed by atoms with E-state index in [1.54, 1.807) is 27.9 Å². The first-order valence-electron chi connectivity index (χ1n) is 19.8. The molecule has 4 heterocycles. The number of methoxy groups -OCH3 is 1. The zero-order valence-electron chi connectivity index (χ0n) is 32.8. The summed E-state index contributed by atoms with van der Waals surface area (Å²) in [7, 11) is 1.64. The van der Waals surface area contributed by atoms with Crippen LogP contribution in [0.1, 0.15) is 59.8 Å². The monoisotopic (exact) mass is 761 g/mol. The average molecular weight is 762 g/mol. The Balaban J connectivity index is 1.16. The predicted octanol–water partition coefficient (Wildman–Crippen LogP) is 7.83. The first kappa shape index (κ1) is 36.8. The van der Waals surface area contributed by atoms with Gasteiger partial charge in [-0.25, -0.2) is 0 Å². The van der Waals surface area contributed by atoms with Crippen molar-refractivity contribution in [1.29, 1.82) is 0 Å². The van der Waals surface area contributed by atoms with Gasteiger partial charge in [-0.3, -0.25) is 19.3 Å². The summed E-state index contributed by atoms with van der Waals surface area (Å²) < 4.78 is 12.8. The van der Waals surface area contributed by atoms with E-state index in [4.69, 9.17) is 9.47 Å². The van der Waals surface area contributed by atoms with Gasteiger partial charge in [-0.1, -0.05) is 87.5 Å². The number of aliphatic hydroxyl groups excluding tert-OH is 1. The molecular formula is C48H47N3O6. The second kappa shape index (κ2) is 13.7. The number of amides is 3. The molecule has 0 saturated carbocycles. The van der Waals surface area contributed by atoms with Gasteiger partial charge in [-0.2, -0.15) is 0 Å². The van der Waals surface area contributed by atoms with E-state index in [0.29, 0.717) is 35.5 Å². The number of hydrogen-bond acceptors (Lipinski definition) is 6. The summed E-state index contributed by atoms with van der Waals surface area (Å²) >= 11 is 0. The number of rotatable bonds is 9. The van der Waals surface area contributed by atoms with Crippen molar-refractivity contribution in [3.05, 3.63) is 144 Å². The van der Waals surface area contributed by atoms with Crippen molar-refractivity contribution >= 4 is 45.6 Å². The lowest BCUT2D eigenvalue weighted by molar-refractivity contribution is -0.151. The minimum absolute atomic E-state index is 0.0146. The van der Waals surface area contributed by atoms with Crippen molar-refractivity contribution in [2.24, 2.45) is 11.8 Å². The molecule has 3 amide bonds. The molecular weight excluding hydrogens is 715 g/mol. The summed E-state index contributed by atoms with van der Waals surface area (Å²) in [5.74, 6) is -0.498. The minimum atomic E-state index is -1.47. The molecule has 1 spiro atoms. The van der Waals surface area contributed by atoms with Gasteiger partial charge in [0.1, 0.15) is 5.75 Å². The number of fused-ring (bicyclic) bond motifs is 3. The average Bonchev–Trinajstić information content (AvgIpc) is 3.78. The van der Waals surface area contributed by atoms with Crippen LogP contribution in [0.15, 0.2) is 116 Å². The molecule has 0 unspecified atom stereocenters. The van der Waals surface area contributed by atoms with Crippen molar-refractivity contribution < 1.29 is 29.0 Å². The molecule has 0 aliphatic carbocycles. The number of anilines is 3. The number of aliphatic hydroxyl groups is 1. The van der Waals surface area contributed by atoms with E-state index in [1.165, 1.54) is 0 Å². The van der Waals surface area contributed by atoms with Crippen molar-refractivity contribution in [2.75, 3.05) is 30.1 Å². The Hall–Kier alpha value is -5.77. The van der Waals surface area contributed by atoms with Gasteiger partial charge in [0.15, 0.2) is 5.60 Å². The van der Waals surface area contributed by atoms with Crippen LogP contribution in [0.4, 0.5) is 17.1 Å². The highest BCUT2D eigenvalue weighted by Crippen LogP contribution is 2.60. The molecule has 4 aliphatic rings. The van der Waals surface area contributed by atoms with Crippen LogP contribution < -0.4 is 14.5 Å². The van der Waals surface area contributed by atoms with Gasteiger partial charge in [0.25, 0.3) is 11.8 Å². The normalized spacial score (nSPS) is 23.7. The predicted molar refractivity (Wildman–Crippen MR) is 221 cm³/mol. The molecule has 0 bridgehead atoms. The minimum Gasteiger partial charge on any atom is -0.497 e. The van der Waals surface area contributed by atoms with Crippen LogP contribution >= 0.6 is 0 Å². The van der Waals surface area contributed by atoms with Crippen molar-refractivity contribution in [1.82, 2.24) is 4.90 Å². The molecule has 5 aromatic carbocycles. The molecule has 57 heavy (non-hydrogen) atoms. The van der Waals surface area contributed by atoms with E-state index in [2.05, 4.69) is 33.4 Å². The summed E-state index contributed by atoms with van der Waals surface area (Å²) in [6, 6.07) is 33.1. The second-order valence-corrected chi connectivity index (χ2v) is 16.4. The molecule has 1 saturated heterocycles. The van der Waals surface area contributed by atoms with Gasteiger partial charge < -0.3 is 24.4 Å². The number of carbonyl (C=O) groups is 3. The first-order chi connectivity index (χ1) is 27.5. The molecule has 9 nitrogen and oxygen atoms in total. The molecule has 0 aromatic heterocycles. The van der Waals surface area contributed by atoms with Gasteiger partial charge >= 0.3 is 0 Å². The van der Waals surface area contributed by atoms with E-state index in [9.17, 15) is 14.7 Å². The van der Waals surface area contributed by atoms with Crippen LogP contribution in [-0.2, 0) is 38.3 Å². The van der Waals surface area contributed by atoms with Crippen LogP contribution in [0, 0.1) is 11.8 Å². The lowest BCUT2D eigenvalue weighted by atomic mass is 9.63. The highest BCUT2D eigenvalue weighted by molar-refractivity contribution is 6.28. The Morgan fingerprint density at radius 3 is 2.42 bits per heavy atom. The number of benzene rings is 5. The molecule has 1 fully saturated rings. The standard InChI is InChI=1S/C48H47N3O6/c1-6-23-49-39-22-19-34(51-40-16-10-14-30-13-9-15-37(43(30)40)45(51)54)25-38(39)48(46(49)55)29(2)44(47(3,4)33-17-20-36(56-5)21-18-33)41(57-48)26-42(53)50-27-32-12-8-7-11-31(32)24-35(50)28-52/h6-22,25,29,35,41,44,52H,1,23-24,26-28H2,2-5H3/t29-,35+,41+,44-,48+/m1/s1. The highest BCUT2D eigenvalue weighted by Gasteiger charge is 2.66. The lowest BCUT2D eigenvalue weighted by Crippen LogP contribution is -2.48. The molecule has 290 valence electrons. The second-order valence-electron chi connectivity index (χ2n) is 16.4. The van der Waals surface area contributed by atoms with E-state index < -0.39 is 23.0 Å². The Morgan fingerprint density at radius 1 is 0.965 bits per heavy atom. The zero-order valence-corrected chi connectivity index (χ0v) is 32.8. The van der Waals surface area contributed by atoms with E-state index in [-0.39, 0.29) is 49.3 Å². The summed E-state index contributed by atoms with van der Waals surface area (Å²) in [6.45, 7) is 10.8. The molecule has 1 N–H and O–H groups in total. The quantitative estimate of drug-likeness (QED) is 0.154. The van der Waals surface area contributed by atoms with E-state index in [0.717, 1.165) is 38.9 Å². The van der Waals surface area contributed by atoms with Crippen LogP contribution in [0.5, 0.6) is 5.75 Å².